The van der Waals surface area contributed by atoms with Gasteiger partial charge in [0.2, 0.25) is 0 Å². The van der Waals surface area contributed by atoms with Crippen LogP contribution in [0.1, 0.15) is 24.1 Å². The summed E-state index contributed by atoms with van der Waals surface area (Å²) in [6, 6.07) is 18.4. The minimum absolute atomic E-state index is 0.277. The molecule has 0 saturated heterocycles. The smallest absolute Gasteiger partial charge is 0.167 e. The minimum atomic E-state index is -0.277. The van der Waals surface area contributed by atoms with Crippen molar-refractivity contribution in [2.24, 2.45) is 10.9 Å². The predicted octanol–water partition coefficient (Wildman–Crippen LogP) is 4.10. The molecule has 3 aromatic rings. The summed E-state index contributed by atoms with van der Waals surface area (Å²) in [6.45, 7) is 1.91. The van der Waals surface area contributed by atoms with E-state index in [0.717, 1.165) is 46.5 Å². The van der Waals surface area contributed by atoms with Crippen LogP contribution in [0.4, 0.5) is 0 Å². The zero-order valence-electron chi connectivity index (χ0n) is 13.9. The molecule has 3 N–H and O–H groups in total. The van der Waals surface area contributed by atoms with Gasteiger partial charge in [0, 0.05) is 11.6 Å². The van der Waals surface area contributed by atoms with Crippen molar-refractivity contribution >= 4 is 5.84 Å². The first kappa shape index (κ1) is 15.4. The van der Waals surface area contributed by atoms with Gasteiger partial charge in [0.15, 0.2) is 5.76 Å². The Bertz CT molecular complexity index is 920. The molecule has 126 valence electrons. The van der Waals surface area contributed by atoms with E-state index in [-0.39, 0.29) is 5.41 Å². The molecule has 1 heterocycles. The van der Waals surface area contributed by atoms with Crippen molar-refractivity contribution in [3.05, 3.63) is 65.9 Å². The van der Waals surface area contributed by atoms with Crippen LogP contribution < -0.4 is 5.73 Å². The Balaban J connectivity index is 1.58. The quantitative estimate of drug-likeness (QED) is 0.326. The normalized spacial score (nSPS) is 16.0. The lowest BCUT2D eigenvalue weighted by Crippen LogP contribution is -2.28. The summed E-state index contributed by atoms with van der Waals surface area (Å²) in [7, 11) is 0. The van der Waals surface area contributed by atoms with Crippen molar-refractivity contribution in [2.45, 2.75) is 25.2 Å². The maximum Gasteiger partial charge on any atom is 0.167 e. The number of nitrogens with two attached hydrogens (primary N) is 1. The van der Waals surface area contributed by atoms with E-state index in [4.69, 9.17) is 15.5 Å². The molecule has 0 amide bonds. The molecule has 4 rings (SSSR count). The molecular weight excluding hydrogens is 314 g/mol. The summed E-state index contributed by atoms with van der Waals surface area (Å²) in [5.41, 5.74) is 10.8. The van der Waals surface area contributed by atoms with Gasteiger partial charge in [-0.3, -0.25) is 0 Å². The average molecular weight is 333 g/mol. The van der Waals surface area contributed by atoms with Gasteiger partial charge in [-0.25, -0.2) is 0 Å². The van der Waals surface area contributed by atoms with Gasteiger partial charge in [-0.15, -0.1) is 0 Å². The van der Waals surface area contributed by atoms with E-state index in [9.17, 15) is 0 Å². The lowest BCUT2D eigenvalue weighted by atomic mass is 9.92. The first-order valence-corrected chi connectivity index (χ1v) is 8.25. The third-order valence-electron chi connectivity index (χ3n) is 4.92. The van der Waals surface area contributed by atoms with Crippen LogP contribution in [0.5, 0.6) is 0 Å². The van der Waals surface area contributed by atoms with Crippen molar-refractivity contribution in [3.63, 3.8) is 0 Å². The topological polar surface area (TPSA) is 84.6 Å². The van der Waals surface area contributed by atoms with E-state index in [1.165, 1.54) is 0 Å². The van der Waals surface area contributed by atoms with Crippen LogP contribution in [0.3, 0.4) is 0 Å². The molecule has 1 saturated carbocycles. The SMILES string of the molecule is Cc1cc(-c2ccc(-c3ccc(C4(C(N)=NO)CC4)cc3)cc2)on1. The standard InChI is InChI=1S/C20H19N3O2/c1-13-12-18(25-23-13)16-4-2-14(3-5-16)15-6-8-17(9-7-15)20(10-11-20)19(21)22-24/h2-9,12,24H,10-11H2,1H3,(H2,21,22). The fourth-order valence-electron chi connectivity index (χ4n) is 3.22. The number of aromatic nitrogens is 1. The van der Waals surface area contributed by atoms with Crippen LogP contribution in [-0.2, 0) is 5.41 Å². The highest BCUT2D eigenvalue weighted by Crippen LogP contribution is 2.48. The van der Waals surface area contributed by atoms with Gasteiger partial charge in [-0.1, -0.05) is 58.8 Å². The predicted molar refractivity (Wildman–Crippen MR) is 96.4 cm³/mol. The fourth-order valence-corrected chi connectivity index (χ4v) is 3.22. The Morgan fingerprint density at radius 2 is 1.60 bits per heavy atom. The molecule has 0 radical (unpaired) electrons. The number of rotatable bonds is 4. The molecular formula is C20H19N3O2. The van der Waals surface area contributed by atoms with Crippen molar-refractivity contribution in [3.8, 4) is 22.5 Å². The highest BCUT2D eigenvalue weighted by atomic mass is 16.5. The number of hydrogen-bond acceptors (Lipinski definition) is 4. The maximum absolute atomic E-state index is 8.98. The van der Waals surface area contributed by atoms with Crippen LogP contribution in [0.2, 0.25) is 0 Å². The molecule has 25 heavy (non-hydrogen) atoms. The van der Waals surface area contributed by atoms with E-state index in [0.29, 0.717) is 5.84 Å². The Kier molecular flexibility index (Phi) is 3.57. The molecule has 5 nitrogen and oxygen atoms in total. The Labute approximate surface area is 145 Å². The molecule has 1 aromatic heterocycles. The number of oxime groups is 1. The number of amidine groups is 1. The summed E-state index contributed by atoms with van der Waals surface area (Å²) in [4.78, 5) is 0. The lowest BCUT2D eigenvalue weighted by Gasteiger charge is -2.14. The van der Waals surface area contributed by atoms with Crippen LogP contribution in [0, 0.1) is 6.92 Å². The van der Waals surface area contributed by atoms with Gasteiger partial charge in [-0.05, 0) is 36.5 Å². The Morgan fingerprint density at radius 3 is 2.08 bits per heavy atom. The average Bonchev–Trinajstić information content (AvgIpc) is 3.36. The molecule has 5 heteroatoms. The molecule has 1 aliphatic carbocycles. The number of aryl methyl sites for hydroxylation is 1. The van der Waals surface area contributed by atoms with Gasteiger partial charge < -0.3 is 15.5 Å². The zero-order chi connectivity index (χ0) is 17.4. The highest BCUT2D eigenvalue weighted by molar-refractivity contribution is 5.94. The van der Waals surface area contributed by atoms with Crippen molar-refractivity contribution in [1.29, 1.82) is 0 Å². The Hall–Kier alpha value is -3.08. The third kappa shape index (κ3) is 2.67. The second-order valence-corrected chi connectivity index (χ2v) is 6.55. The van der Waals surface area contributed by atoms with E-state index in [1.54, 1.807) is 0 Å². The molecule has 1 fully saturated rings. The van der Waals surface area contributed by atoms with Crippen LogP contribution in [0.25, 0.3) is 22.5 Å². The number of benzene rings is 2. The second-order valence-electron chi connectivity index (χ2n) is 6.55. The summed E-state index contributed by atoms with van der Waals surface area (Å²) in [5.74, 6) is 1.07. The summed E-state index contributed by atoms with van der Waals surface area (Å²) in [6.07, 6.45) is 1.85. The van der Waals surface area contributed by atoms with E-state index in [2.05, 4.69) is 46.7 Å². The van der Waals surface area contributed by atoms with Crippen molar-refractivity contribution in [2.75, 3.05) is 0 Å². The Morgan fingerprint density at radius 1 is 1.04 bits per heavy atom. The molecule has 0 bridgehead atoms. The number of hydrogen-bond donors (Lipinski definition) is 2. The summed E-state index contributed by atoms with van der Waals surface area (Å²) in [5, 5.41) is 16.1. The molecule has 1 aliphatic rings. The largest absolute Gasteiger partial charge is 0.409 e. The van der Waals surface area contributed by atoms with Gasteiger partial charge in [0.25, 0.3) is 0 Å². The first-order valence-electron chi connectivity index (χ1n) is 8.25. The van der Waals surface area contributed by atoms with E-state index < -0.39 is 0 Å². The zero-order valence-corrected chi connectivity index (χ0v) is 13.9. The van der Waals surface area contributed by atoms with Crippen molar-refractivity contribution in [1.82, 2.24) is 5.16 Å². The first-order chi connectivity index (χ1) is 12.1. The van der Waals surface area contributed by atoms with E-state index >= 15 is 0 Å². The maximum atomic E-state index is 8.98. The van der Waals surface area contributed by atoms with Crippen LogP contribution in [-0.4, -0.2) is 16.2 Å². The lowest BCUT2D eigenvalue weighted by molar-refractivity contribution is 0.315. The molecule has 0 spiro atoms. The van der Waals surface area contributed by atoms with E-state index in [1.807, 2.05) is 25.1 Å². The van der Waals surface area contributed by atoms with Gasteiger partial charge in [-0.2, -0.15) is 0 Å². The third-order valence-corrected chi connectivity index (χ3v) is 4.92. The van der Waals surface area contributed by atoms with Crippen LogP contribution in [0.15, 0.2) is 64.3 Å². The molecule has 0 atom stereocenters. The monoisotopic (exact) mass is 333 g/mol. The minimum Gasteiger partial charge on any atom is -0.409 e. The summed E-state index contributed by atoms with van der Waals surface area (Å²) >= 11 is 0. The molecule has 0 unspecified atom stereocenters. The highest BCUT2D eigenvalue weighted by Gasteiger charge is 2.48. The van der Waals surface area contributed by atoms with Crippen LogP contribution >= 0.6 is 0 Å². The second kappa shape index (κ2) is 5.77. The van der Waals surface area contributed by atoms with Gasteiger partial charge in [0.1, 0.15) is 5.84 Å². The fraction of sp³-hybridized carbons (Fsp3) is 0.200. The summed E-state index contributed by atoms with van der Waals surface area (Å²) < 4.78 is 5.30. The van der Waals surface area contributed by atoms with Gasteiger partial charge >= 0.3 is 0 Å². The van der Waals surface area contributed by atoms with Gasteiger partial charge in [0.05, 0.1) is 11.1 Å². The molecule has 2 aromatic carbocycles. The van der Waals surface area contributed by atoms with Crippen molar-refractivity contribution < 1.29 is 9.73 Å². The molecule has 0 aliphatic heterocycles. The number of nitrogens with zero attached hydrogens (tertiary/aromatic N) is 2.